The van der Waals surface area contributed by atoms with Crippen molar-refractivity contribution in [3.8, 4) is 0 Å². The number of aryl methyl sites for hydroxylation is 2. The van der Waals surface area contributed by atoms with E-state index in [0.29, 0.717) is 22.5 Å². The number of anilines is 2. The molecule has 10 heteroatoms. The largest absolute Gasteiger partial charge is 2.00 e. The molecule has 0 aliphatic heterocycles. The predicted octanol–water partition coefficient (Wildman–Crippen LogP) is 10.8. The molecule has 8 nitrogen and oxygen atoms in total. The van der Waals surface area contributed by atoms with Crippen LogP contribution in [-0.2, 0) is 50.0 Å². The summed E-state index contributed by atoms with van der Waals surface area (Å²) in [6.07, 6.45) is 13.4. The summed E-state index contributed by atoms with van der Waals surface area (Å²) in [6, 6.07) is 12.9. The third kappa shape index (κ3) is 13.0. The molecule has 0 aliphatic rings. The van der Waals surface area contributed by atoms with Gasteiger partial charge >= 0.3 is 37.1 Å². The van der Waals surface area contributed by atoms with Crippen molar-refractivity contribution in [2.45, 2.75) is 107 Å². The Hall–Kier alpha value is -3.29. The molecule has 0 aliphatic carbocycles. The summed E-state index contributed by atoms with van der Waals surface area (Å²) >= 11 is 0. The number of benzene rings is 2. The van der Waals surface area contributed by atoms with Gasteiger partial charge in [0.05, 0.1) is 11.0 Å². The first kappa shape index (κ1) is 46.7. The third-order valence-corrected chi connectivity index (χ3v) is 8.48. The minimum atomic E-state index is 0. The third-order valence-electron chi connectivity index (χ3n) is 8.48. The molecule has 4 aromatic heterocycles. The molecule has 2 aromatic carbocycles. The molecule has 2 radical (unpaired) electrons. The molecule has 0 fully saturated rings. The number of aromatic nitrogens is 6. The Labute approximate surface area is 337 Å². The van der Waals surface area contributed by atoms with Gasteiger partial charge in [0.1, 0.15) is 11.0 Å². The van der Waals surface area contributed by atoms with Crippen LogP contribution in [0.4, 0.5) is 11.6 Å². The van der Waals surface area contributed by atoms with Crippen LogP contribution in [0.3, 0.4) is 0 Å². The SMILES string of the molecule is [CH2-]C.[CH2-]C.[CH2-]n1cc2c(n1)c(N)nc1cc(CCCCC(C)(C)C)ccc12.[CH2-]n1cc2c(n1)c(N)nc1ccc(CCCCC(C)(C)C)cc12.[V+2].[V+2]. The van der Waals surface area contributed by atoms with E-state index in [1.165, 1.54) is 49.7 Å². The molecule has 278 valence electrons. The molecule has 0 spiro atoms. The second-order valence-electron chi connectivity index (χ2n) is 15.1. The Morgan fingerprint density at radius 3 is 1.46 bits per heavy atom. The zero-order chi connectivity index (χ0) is 37.2. The van der Waals surface area contributed by atoms with Gasteiger partial charge in [-0.15, -0.1) is 12.4 Å². The summed E-state index contributed by atoms with van der Waals surface area (Å²) in [5, 5.41) is 12.8. The topological polar surface area (TPSA) is 113 Å². The normalized spacial score (nSPS) is 11.1. The average Bonchev–Trinajstić information content (AvgIpc) is 3.66. The number of rotatable bonds is 8. The number of hydrogen-bond donors (Lipinski definition) is 2. The molecule has 0 bridgehead atoms. The van der Waals surface area contributed by atoms with Gasteiger partial charge in [-0.2, -0.15) is 27.9 Å². The summed E-state index contributed by atoms with van der Waals surface area (Å²) < 4.78 is 3.10. The molecular formula is C42H60N8V2. The van der Waals surface area contributed by atoms with E-state index in [1.807, 2.05) is 12.4 Å². The van der Waals surface area contributed by atoms with E-state index in [2.05, 4.69) is 126 Å². The molecule has 6 aromatic rings. The van der Waals surface area contributed by atoms with E-state index in [0.717, 1.165) is 56.5 Å². The number of unbranched alkanes of at least 4 members (excludes halogenated alkanes) is 2. The number of nitrogens with zero attached hydrogens (tertiary/aromatic N) is 6. The molecule has 0 saturated heterocycles. The van der Waals surface area contributed by atoms with Gasteiger partial charge in [-0.25, -0.2) is 20.2 Å². The number of pyridine rings is 2. The molecule has 0 amide bonds. The van der Waals surface area contributed by atoms with Crippen LogP contribution in [-0.4, -0.2) is 29.5 Å². The molecule has 6 rings (SSSR count). The van der Waals surface area contributed by atoms with E-state index in [4.69, 9.17) is 11.5 Å². The van der Waals surface area contributed by atoms with Crippen LogP contribution in [0.25, 0.3) is 43.6 Å². The minimum Gasteiger partial charge on any atom is -0.407 e. The quantitative estimate of drug-likeness (QED) is 0.117. The van der Waals surface area contributed by atoms with Gasteiger partial charge in [-0.3, -0.25) is 0 Å². The standard InChI is InChI=1S/2C19H25N4.2C2H5.2V/c1-19(2,3)10-6-5-7-13-8-9-16-14(11-13)15-12-23(4)22-17(15)18(20)21-16;1-19(2,3)10-6-5-7-13-8-9-14-15-12-23(4)22-17(15)18(20)21-16(14)11-13;2*1-2;;/h2*8-9,11-12H,4-7,10H2,1-3H3,(H2,20,21);2*1H2,2H3;;/q4*-1;2*+2. The summed E-state index contributed by atoms with van der Waals surface area (Å²) in [4.78, 5) is 8.98. The van der Waals surface area contributed by atoms with E-state index in [-0.39, 0.29) is 37.1 Å². The second kappa shape index (κ2) is 20.8. The minimum absolute atomic E-state index is 0. The van der Waals surface area contributed by atoms with Gasteiger partial charge in [0.2, 0.25) is 0 Å². The van der Waals surface area contributed by atoms with Crippen molar-refractivity contribution in [2.24, 2.45) is 10.8 Å². The summed E-state index contributed by atoms with van der Waals surface area (Å²) in [7, 11) is 7.65. The Balaban J connectivity index is 0.000000459. The van der Waals surface area contributed by atoms with Crippen LogP contribution in [0, 0.1) is 38.8 Å². The Morgan fingerprint density at radius 2 is 0.981 bits per heavy atom. The van der Waals surface area contributed by atoms with Gasteiger partial charge in [-0.05, 0) is 94.2 Å². The molecule has 0 atom stereocenters. The number of nitrogen functional groups attached to an aromatic ring is 2. The molecular weight excluding hydrogens is 718 g/mol. The van der Waals surface area contributed by atoms with Crippen LogP contribution >= 0.6 is 0 Å². The monoisotopic (exact) mass is 778 g/mol. The Morgan fingerprint density at radius 1 is 0.558 bits per heavy atom. The number of nitrogens with two attached hydrogens (primary N) is 2. The fraction of sp³-hybridized carbons (Fsp3) is 0.429. The number of fused-ring (bicyclic) bond motifs is 6. The first-order valence-electron chi connectivity index (χ1n) is 17.8. The Kier molecular flexibility index (Phi) is 18.7. The van der Waals surface area contributed by atoms with Crippen molar-refractivity contribution >= 4 is 55.2 Å². The first-order chi connectivity index (χ1) is 23.7. The maximum absolute atomic E-state index is 6.04. The van der Waals surface area contributed by atoms with Crippen molar-refractivity contribution in [1.29, 1.82) is 0 Å². The van der Waals surface area contributed by atoms with Crippen LogP contribution in [0.5, 0.6) is 0 Å². The van der Waals surface area contributed by atoms with E-state index >= 15 is 0 Å². The second-order valence-corrected chi connectivity index (χ2v) is 15.1. The summed E-state index contributed by atoms with van der Waals surface area (Å²) in [6.45, 7) is 23.8. The predicted molar refractivity (Wildman–Crippen MR) is 216 cm³/mol. The summed E-state index contributed by atoms with van der Waals surface area (Å²) in [5.41, 5.74) is 18.9. The average molecular weight is 779 g/mol. The van der Waals surface area contributed by atoms with Gasteiger partial charge in [0, 0.05) is 0 Å². The summed E-state index contributed by atoms with van der Waals surface area (Å²) in [5.74, 6) is 0.938. The maximum atomic E-state index is 6.04. The van der Waals surface area contributed by atoms with Crippen molar-refractivity contribution < 1.29 is 37.1 Å². The van der Waals surface area contributed by atoms with Crippen molar-refractivity contribution in [2.75, 3.05) is 11.5 Å². The van der Waals surface area contributed by atoms with Crippen LogP contribution < -0.4 is 11.5 Å². The number of hydrogen-bond acceptors (Lipinski definition) is 6. The fourth-order valence-corrected chi connectivity index (χ4v) is 6.05. The Bertz CT molecular complexity index is 1980. The molecule has 0 unspecified atom stereocenters. The molecule has 4 heterocycles. The maximum Gasteiger partial charge on any atom is 2.00 e. The van der Waals surface area contributed by atoms with Gasteiger partial charge in [0.25, 0.3) is 0 Å². The van der Waals surface area contributed by atoms with Crippen molar-refractivity contribution in [3.05, 3.63) is 87.9 Å². The van der Waals surface area contributed by atoms with Crippen molar-refractivity contribution in [1.82, 2.24) is 29.5 Å². The first-order valence-corrected chi connectivity index (χ1v) is 17.8. The van der Waals surface area contributed by atoms with Gasteiger partial charge in [-0.1, -0.05) is 78.6 Å². The van der Waals surface area contributed by atoms with E-state index < -0.39 is 0 Å². The van der Waals surface area contributed by atoms with Crippen LogP contribution in [0.2, 0.25) is 0 Å². The van der Waals surface area contributed by atoms with Gasteiger partial charge in [0.15, 0.2) is 11.6 Å². The molecule has 4 N–H and O–H groups in total. The van der Waals surface area contributed by atoms with Crippen molar-refractivity contribution in [3.63, 3.8) is 0 Å². The van der Waals surface area contributed by atoms with Crippen LogP contribution in [0.1, 0.15) is 105 Å². The fourth-order valence-electron chi connectivity index (χ4n) is 6.05. The van der Waals surface area contributed by atoms with Gasteiger partial charge < -0.3 is 34.7 Å². The van der Waals surface area contributed by atoms with E-state index in [1.54, 1.807) is 23.2 Å². The van der Waals surface area contributed by atoms with E-state index in [9.17, 15) is 0 Å². The smallest absolute Gasteiger partial charge is 0.407 e. The molecule has 0 saturated carbocycles. The zero-order valence-electron chi connectivity index (χ0n) is 32.8. The zero-order valence-corrected chi connectivity index (χ0v) is 35.6. The van der Waals surface area contributed by atoms with Crippen LogP contribution in [0.15, 0.2) is 48.8 Å². The molecule has 52 heavy (non-hydrogen) atoms.